The molecular formula is CH4SiY5. The van der Waals surface area contributed by atoms with E-state index in [0.717, 1.165) is 0 Å². The van der Waals surface area contributed by atoms with Gasteiger partial charge in [0.25, 0.3) is 0 Å². The monoisotopic (exact) mass is 489 g/mol. The number of hydrogen-bond donors (Lipinski definition) is 0. The molecule has 0 atom stereocenters. The largest absolute Gasteiger partial charge is 0.0765 e. The number of rotatable bonds is 0. The molecule has 0 aliphatic heterocycles. The van der Waals surface area contributed by atoms with Gasteiger partial charge in [0, 0.05) is 174 Å². The van der Waals surface area contributed by atoms with E-state index in [9.17, 15) is 0 Å². The summed E-state index contributed by atoms with van der Waals surface area (Å²) in [4.78, 5) is 0. The van der Waals surface area contributed by atoms with Crippen LogP contribution < -0.4 is 0 Å². The summed E-state index contributed by atoms with van der Waals surface area (Å²) in [7, 11) is 2.42. The summed E-state index contributed by atoms with van der Waals surface area (Å²) >= 11 is 0. The molecule has 0 aliphatic carbocycles. The van der Waals surface area contributed by atoms with Crippen molar-refractivity contribution in [2.45, 2.75) is 6.55 Å². The van der Waals surface area contributed by atoms with Crippen LogP contribution in [0, 0.1) is 0 Å². The SMILES string of the molecule is C[SiH].[Y].[Y].[Y].[Y].[Y]. The van der Waals surface area contributed by atoms with Gasteiger partial charge in [0.2, 0.25) is 0 Å². The molecule has 0 unspecified atom stereocenters. The Hall–Kier alpha value is 5.74. The van der Waals surface area contributed by atoms with Crippen LogP contribution in [0.4, 0.5) is 0 Å². The molecule has 0 nitrogen and oxygen atoms in total. The summed E-state index contributed by atoms with van der Waals surface area (Å²) < 4.78 is 0. The van der Waals surface area contributed by atoms with E-state index in [0.29, 0.717) is 0 Å². The minimum Gasteiger partial charge on any atom is -0.0765 e. The molecule has 27 valence electrons. The fourth-order valence-electron chi connectivity index (χ4n) is 0. The third-order valence-electron chi connectivity index (χ3n) is 0. The maximum absolute atomic E-state index is 2.42. The average molecular weight is 489 g/mol. The average Bonchev–Trinajstić information content (AvgIpc) is 1.00. The summed E-state index contributed by atoms with van der Waals surface area (Å²) in [6.45, 7) is 1.92. The molecule has 0 heterocycles. The Kier molecular flexibility index (Phi) is 227. The molecule has 0 saturated heterocycles. The van der Waals surface area contributed by atoms with E-state index in [4.69, 9.17) is 0 Å². The first-order valence-corrected chi connectivity index (χ1v) is 1.73. The van der Waals surface area contributed by atoms with Gasteiger partial charge in [-0.1, -0.05) is 6.55 Å². The van der Waals surface area contributed by atoms with Gasteiger partial charge >= 0.3 is 0 Å². The van der Waals surface area contributed by atoms with Crippen molar-refractivity contribution in [1.82, 2.24) is 0 Å². The van der Waals surface area contributed by atoms with Crippen molar-refractivity contribution in [3.8, 4) is 0 Å². The summed E-state index contributed by atoms with van der Waals surface area (Å²) in [6.07, 6.45) is 0. The van der Waals surface area contributed by atoms with Gasteiger partial charge < -0.3 is 0 Å². The minimum atomic E-state index is 0. The summed E-state index contributed by atoms with van der Waals surface area (Å²) in [5.74, 6) is 0. The quantitative estimate of drug-likeness (QED) is 0.419. The van der Waals surface area contributed by atoms with E-state index in [1.54, 1.807) is 0 Å². The zero-order valence-corrected chi connectivity index (χ0v) is 19.8. The van der Waals surface area contributed by atoms with Crippen LogP contribution in [0.15, 0.2) is 0 Å². The van der Waals surface area contributed by atoms with Gasteiger partial charge in [-0.2, -0.15) is 0 Å². The Bertz CT molecular complexity index is 8.04. The van der Waals surface area contributed by atoms with Crippen molar-refractivity contribution in [2.24, 2.45) is 0 Å². The molecule has 0 aromatic rings. The van der Waals surface area contributed by atoms with E-state index >= 15 is 0 Å². The maximum Gasteiger partial charge on any atom is 0.0108 e. The van der Waals surface area contributed by atoms with Crippen molar-refractivity contribution < 1.29 is 164 Å². The van der Waals surface area contributed by atoms with Crippen LogP contribution in [-0.4, -0.2) is 10.2 Å². The van der Waals surface area contributed by atoms with Gasteiger partial charge in [0.1, 0.15) is 0 Å². The molecule has 0 N–H and O–H groups in total. The van der Waals surface area contributed by atoms with Crippen molar-refractivity contribution in [3.63, 3.8) is 0 Å². The third-order valence-corrected chi connectivity index (χ3v) is 0. The van der Waals surface area contributed by atoms with E-state index in [2.05, 4.69) is 10.2 Å². The molecule has 0 spiro atoms. The molecule has 0 aromatic heterocycles. The van der Waals surface area contributed by atoms with Crippen LogP contribution in [0.1, 0.15) is 0 Å². The molecule has 0 fully saturated rings. The van der Waals surface area contributed by atoms with Crippen molar-refractivity contribution >= 4 is 10.2 Å². The Morgan fingerprint density at radius 2 is 0.571 bits per heavy atom. The third kappa shape index (κ3) is 33.8. The standard InChI is InChI=1S/CH4Si.5Y/c1-2;;;;;/h2H,1H3;;;;;. The van der Waals surface area contributed by atoms with E-state index < -0.39 is 0 Å². The van der Waals surface area contributed by atoms with Crippen molar-refractivity contribution in [1.29, 1.82) is 0 Å². The molecule has 7 radical (unpaired) electrons. The second-order valence-corrected chi connectivity index (χ2v) is 0. The van der Waals surface area contributed by atoms with Crippen LogP contribution >= 0.6 is 0 Å². The van der Waals surface area contributed by atoms with Gasteiger partial charge in [0.05, 0.1) is 0 Å². The Labute approximate surface area is 175 Å². The fraction of sp³-hybridized carbons (Fsp3) is 1.00. The smallest absolute Gasteiger partial charge is 0.0108 e. The molecule has 7 heavy (non-hydrogen) atoms. The van der Waals surface area contributed by atoms with Crippen LogP contribution in [0.2, 0.25) is 6.55 Å². The molecular weight excluding hydrogens is 485 g/mol. The van der Waals surface area contributed by atoms with E-state index in [1.165, 1.54) is 0 Å². The van der Waals surface area contributed by atoms with Crippen LogP contribution in [0.25, 0.3) is 0 Å². The van der Waals surface area contributed by atoms with Gasteiger partial charge in [-0.15, -0.1) is 0 Å². The van der Waals surface area contributed by atoms with Gasteiger partial charge in [0.15, 0.2) is 0 Å². The van der Waals surface area contributed by atoms with Crippen molar-refractivity contribution in [2.75, 3.05) is 0 Å². The number of hydrogen-bond acceptors (Lipinski definition) is 0. The maximum atomic E-state index is 2.42. The van der Waals surface area contributed by atoms with Crippen molar-refractivity contribution in [3.05, 3.63) is 0 Å². The summed E-state index contributed by atoms with van der Waals surface area (Å²) in [5, 5.41) is 0. The summed E-state index contributed by atoms with van der Waals surface area (Å²) in [5.41, 5.74) is 0. The predicted molar refractivity (Wildman–Crippen MR) is 13.0 cm³/mol. The van der Waals surface area contributed by atoms with Gasteiger partial charge in [-0.3, -0.25) is 0 Å². The van der Waals surface area contributed by atoms with Gasteiger partial charge in [-0.05, 0) is 0 Å². The minimum absolute atomic E-state index is 0. The van der Waals surface area contributed by atoms with Crippen LogP contribution in [0.5, 0.6) is 0 Å². The van der Waals surface area contributed by atoms with E-state index in [1.807, 2.05) is 6.55 Å². The Balaban J connectivity index is -0.000000000500. The molecule has 0 amide bonds. The molecule has 0 aliphatic rings. The van der Waals surface area contributed by atoms with Gasteiger partial charge in [-0.25, -0.2) is 0 Å². The second kappa shape index (κ2) is 41.1. The first kappa shape index (κ1) is 38.7. The molecule has 0 aromatic carbocycles. The molecule has 0 bridgehead atoms. The van der Waals surface area contributed by atoms with Crippen LogP contribution in [-0.2, 0) is 164 Å². The molecule has 6 heteroatoms. The zero-order chi connectivity index (χ0) is 2.00. The molecule has 0 saturated carbocycles. The molecule has 0 rings (SSSR count). The Morgan fingerprint density at radius 1 is 0.571 bits per heavy atom. The first-order valence-electron chi connectivity index (χ1n) is 0.577. The normalized spacial score (nSPS) is 0.857. The first-order chi connectivity index (χ1) is 1.00. The Morgan fingerprint density at radius 3 is 0.571 bits per heavy atom. The summed E-state index contributed by atoms with van der Waals surface area (Å²) in [6, 6.07) is 0. The zero-order valence-electron chi connectivity index (χ0n) is 4.46. The predicted octanol–water partition coefficient (Wildman–Crippen LogP) is -0.0772. The fourth-order valence-corrected chi connectivity index (χ4v) is 0. The van der Waals surface area contributed by atoms with E-state index in [-0.39, 0.29) is 164 Å². The topological polar surface area (TPSA) is 0 Å². The second-order valence-electron chi connectivity index (χ2n) is 0. The van der Waals surface area contributed by atoms with Crippen LogP contribution in [0.3, 0.4) is 0 Å².